The topological polar surface area (TPSA) is 67.4 Å². The number of rotatable bonds is 1. The first-order chi connectivity index (χ1) is 10.4. The Bertz CT molecular complexity index is 910. The van der Waals surface area contributed by atoms with Crippen molar-refractivity contribution in [3.63, 3.8) is 0 Å². The van der Waals surface area contributed by atoms with Gasteiger partial charge in [0.05, 0.1) is 17.3 Å². The third-order valence-electron chi connectivity index (χ3n) is 2.69. The summed E-state index contributed by atoms with van der Waals surface area (Å²) in [5.74, 6) is 0. The van der Waals surface area contributed by atoms with Gasteiger partial charge in [0.2, 0.25) is 5.28 Å². The van der Waals surface area contributed by atoms with E-state index in [2.05, 4.69) is 15.1 Å². The van der Waals surface area contributed by atoms with Gasteiger partial charge in [-0.3, -0.25) is 4.68 Å². The molecule has 0 radical (unpaired) electrons. The Morgan fingerprint density at radius 2 is 2.21 bits per heavy atom. The normalized spacial score (nSPS) is 13.6. The fourth-order valence-corrected chi connectivity index (χ4v) is 2.00. The van der Waals surface area contributed by atoms with Crippen LogP contribution in [0.1, 0.15) is 9.68 Å². The Balaban J connectivity index is 2.39. The third-order valence-corrected chi connectivity index (χ3v) is 2.87. The van der Waals surface area contributed by atoms with Crippen molar-refractivity contribution in [3.05, 3.63) is 41.3 Å². The number of fused-ring (bicyclic) bond motifs is 1. The number of hydrogen-bond acceptors (Lipinski definition) is 4. The number of halogens is 1. The monoisotopic (exact) mass is 272 g/mol. The minimum atomic E-state index is -2.44. The van der Waals surface area contributed by atoms with E-state index in [0.717, 1.165) is 4.68 Å². The van der Waals surface area contributed by atoms with Gasteiger partial charge in [-0.05, 0) is 17.7 Å². The summed E-state index contributed by atoms with van der Waals surface area (Å²) in [5, 5.41) is 13.9. The van der Waals surface area contributed by atoms with E-state index in [4.69, 9.17) is 15.7 Å². The number of nitriles is 1. The second kappa shape index (κ2) is 4.34. The van der Waals surface area contributed by atoms with Crippen LogP contribution in [-0.2, 0) is 6.98 Å². The highest BCUT2D eigenvalue weighted by Gasteiger charge is 2.16. The van der Waals surface area contributed by atoms with Crippen molar-refractivity contribution in [1.82, 2.24) is 19.7 Å². The molecule has 19 heavy (non-hydrogen) atoms. The van der Waals surface area contributed by atoms with E-state index in [1.807, 2.05) is 6.07 Å². The summed E-state index contributed by atoms with van der Waals surface area (Å²) in [6.45, 7) is -2.44. The van der Waals surface area contributed by atoms with E-state index in [1.54, 1.807) is 24.3 Å². The molecule has 1 aromatic carbocycles. The molecule has 6 heteroatoms. The molecule has 0 saturated heterocycles. The van der Waals surface area contributed by atoms with Crippen LogP contribution in [0.4, 0.5) is 0 Å². The molecule has 5 nitrogen and oxygen atoms in total. The number of nitrogens with zero attached hydrogens (tertiary/aromatic N) is 5. The van der Waals surface area contributed by atoms with E-state index >= 15 is 0 Å². The number of aromatic nitrogens is 4. The summed E-state index contributed by atoms with van der Waals surface area (Å²) in [6.07, 6.45) is 1.29. The average Bonchev–Trinajstić information content (AvgIpc) is 2.86. The predicted molar refractivity (Wildman–Crippen MR) is 71.5 cm³/mol. The van der Waals surface area contributed by atoms with Crippen molar-refractivity contribution in [2.75, 3.05) is 0 Å². The molecular formula is C13H8ClN5. The van der Waals surface area contributed by atoms with E-state index < -0.39 is 6.98 Å². The Labute approximate surface area is 118 Å². The van der Waals surface area contributed by atoms with Gasteiger partial charge < -0.3 is 0 Å². The Kier molecular flexibility index (Phi) is 1.97. The van der Waals surface area contributed by atoms with Crippen molar-refractivity contribution in [1.29, 1.82) is 5.26 Å². The second-order valence-corrected chi connectivity index (χ2v) is 4.13. The molecule has 0 atom stereocenters. The first-order valence-electron chi connectivity index (χ1n) is 6.83. The summed E-state index contributed by atoms with van der Waals surface area (Å²) in [4.78, 5) is 7.79. The molecule has 0 aliphatic rings. The van der Waals surface area contributed by atoms with E-state index in [1.165, 1.54) is 6.20 Å². The van der Waals surface area contributed by atoms with Crippen LogP contribution in [0.5, 0.6) is 0 Å². The summed E-state index contributed by atoms with van der Waals surface area (Å²) in [5.41, 5.74) is 1.09. The van der Waals surface area contributed by atoms with Crippen molar-refractivity contribution in [3.8, 4) is 17.5 Å². The lowest BCUT2D eigenvalue weighted by Gasteiger charge is -2.00. The van der Waals surface area contributed by atoms with Crippen LogP contribution in [0.3, 0.4) is 0 Å². The van der Waals surface area contributed by atoms with E-state index in [0.29, 0.717) is 10.9 Å². The molecule has 0 aliphatic heterocycles. The Morgan fingerprint density at radius 3 is 3.00 bits per heavy atom. The maximum Gasteiger partial charge on any atom is 0.223 e. The molecule has 0 aliphatic carbocycles. The lowest BCUT2D eigenvalue weighted by molar-refractivity contribution is 0.799. The molecule has 0 bridgehead atoms. The van der Waals surface area contributed by atoms with Crippen molar-refractivity contribution >= 4 is 22.5 Å². The van der Waals surface area contributed by atoms with Crippen molar-refractivity contribution in [2.45, 2.75) is 0 Å². The molecule has 3 aromatic rings. The fourth-order valence-electron chi connectivity index (χ4n) is 1.86. The third kappa shape index (κ3) is 1.83. The lowest BCUT2D eigenvalue weighted by atomic mass is 10.1. The highest BCUT2D eigenvalue weighted by molar-refractivity contribution is 6.28. The largest absolute Gasteiger partial charge is 0.267 e. The highest BCUT2D eigenvalue weighted by Crippen LogP contribution is 2.28. The van der Waals surface area contributed by atoms with Gasteiger partial charge in [0, 0.05) is 16.5 Å². The quantitative estimate of drug-likeness (QED) is 0.639. The number of hydrogen-bond donors (Lipinski definition) is 0. The molecule has 2 aromatic heterocycles. The van der Waals surface area contributed by atoms with Crippen molar-refractivity contribution < 1.29 is 4.11 Å². The Morgan fingerprint density at radius 1 is 1.37 bits per heavy atom. The molecule has 92 valence electrons. The molecule has 0 spiro atoms. The SMILES string of the molecule is [2H]C([2H])([2H])n1nc(-c2nc(Cl)ncc2C#N)c2ccccc21. The molecule has 3 rings (SSSR count). The van der Waals surface area contributed by atoms with E-state index in [9.17, 15) is 5.26 Å². The molecule has 0 amide bonds. The molecule has 0 N–H and O–H groups in total. The van der Waals surface area contributed by atoms with Crippen LogP contribution in [0.15, 0.2) is 30.5 Å². The van der Waals surface area contributed by atoms with Gasteiger partial charge in [0.1, 0.15) is 17.5 Å². The molecule has 0 saturated carbocycles. The fraction of sp³-hybridized carbons (Fsp3) is 0.0769. The molecular weight excluding hydrogens is 262 g/mol. The first-order valence-corrected chi connectivity index (χ1v) is 5.71. The second-order valence-electron chi connectivity index (χ2n) is 3.79. The van der Waals surface area contributed by atoms with Crippen LogP contribution in [0.2, 0.25) is 5.28 Å². The number of para-hydroxylation sites is 1. The van der Waals surface area contributed by atoms with E-state index in [-0.39, 0.29) is 22.2 Å². The maximum atomic E-state index is 9.19. The zero-order valence-corrected chi connectivity index (χ0v) is 10.3. The van der Waals surface area contributed by atoms with Gasteiger partial charge in [-0.2, -0.15) is 10.4 Å². The van der Waals surface area contributed by atoms with Gasteiger partial charge in [-0.25, -0.2) is 9.97 Å². The van der Waals surface area contributed by atoms with Gasteiger partial charge >= 0.3 is 0 Å². The smallest absolute Gasteiger partial charge is 0.223 e. The average molecular weight is 273 g/mol. The van der Waals surface area contributed by atoms with Gasteiger partial charge in [0.15, 0.2) is 0 Å². The van der Waals surface area contributed by atoms with Crippen LogP contribution in [-0.4, -0.2) is 19.7 Å². The summed E-state index contributed by atoms with van der Waals surface area (Å²) < 4.78 is 23.7. The van der Waals surface area contributed by atoms with Gasteiger partial charge in [-0.1, -0.05) is 18.2 Å². The minimum absolute atomic E-state index is 0.0403. The maximum absolute atomic E-state index is 9.19. The van der Waals surface area contributed by atoms with Crippen molar-refractivity contribution in [2.24, 2.45) is 6.98 Å². The standard InChI is InChI=1S/C13H8ClN5/c1-19-10-5-3-2-4-9(10)12(18-19)11-8(6-15)7-16-13(14)17-11/h2-5,7H,1H3/i1D3. The van der Waals surface area contributed by atoms with Gasteiger partial charge in [0.25, 0.3) is 0 Å². The van der Waals surface area contributed by atoms with Crippen LogP contribution in [0, 0.1) is 11.3 Å². The summed E-state index contributed by atoms with van der Waals surface area (Å²) >= 11 is 5.79. The highest BCUT2D eigenvalue weighted by atomic mass is 35.5. The Hall–Kier alpha value is -2.45. The predicted octanol–water partition coefficient (Wildman–Crippen LogP) is 2.56. The first kappa shape index (κ1) is 8.62. The summed E-state index contributed by atoms with van der Waals surface area (Å²) in [7, 11) is 0. The van der Waals surface area contributed by atoms with Crippen LogP contribution in [0.25, 0.3) is 22.3 Å². The lowest BCUT2D eigenvalue weighted by Crippen LogP contribution is -1.95. The molecule has 0 fully saturated rings. The zero-order valence-electron chi connectivity index (χ0n) is 12.5. The number of benzene rings is 1. The zero-order chi connectivity index (χ0) is 15.9. The van der Waals surface area contributed by atoms with Crippen LogP contribution < -0.4 is 0 Å². The van der Waals surface area contributed by atoms with Crippen LogP contribution >= 0.6 is 11.6 Å². The molecule has 2 heterocycles. The summed E-state index contributed by atoms with van der Waals surface area (Å²) in [6, 6.07) is 8.80. The van der Waals surface area contributed by atoms with Gasteiger partial charge in [-0.15, -0.1) is 0 Å². The minimum Gasteiger partial charge on any atom is -0.267 e. The molecule has 0 unspecified atom stereocenters. The number of aryl methyl sites for hydroxylation is 1.